The largest absolute Gasteiger partial charge is 0.726 e. The molecular weight excluding hydrogens is 464 g/mol. The molecule has 2 atom stereocenters. The molecule has 0 amide bonds. The average Bonchev–Trinajstić information content (AvgIpc) is 3.22. The summed E-state index contributed by atoms with van der Waals surface area (Å²) in [7, 11) is -4.42. The average molecular weight is 519 g/mol. The van der Waals surface area contributed by atoms with Gasteiger partial charge in [0.05, 0.1) is 19.7 Å². The highest BCUT2D eigenvalue weighted by molar-refractivity contribution is 7.80. The number of hydrogen-bond donors (Lipinski definition) is 1. The minimum atomic E-state index is -4.42. The standard InChI is InChI=1S/C25H49N2O.C2H6O4S/c1-4-6-7-8-9-10-11-12-13-14-15-16-17-18-19-20-21-25-26-22-23-27(25,5-2)24(3)28;1-2-6-7(3,4)5/h12-13,24,28H,4-11,14-23H2,1-3H3;2H2,1H3,(H,3,4,5)/q+1;/p-1. The Morgan fingerprint density at radius 2 is 1.46 bits per heavy atom. The van der Waals surface area contributed by atoms with Crippen LogP contribution in [0.2, 0.25) is 0 Å². The van der Waals surface area contributed by atoms with Gasteiger partial charge in [0.2, 0.25) is 16.2 Å². The first-order valence-electron chi connectivity index (χ1n) is 14.1. The van der Waals surface area contributed by atoms with Crippen LogP contribution < -0.4 is 0 Å². The van der Waals surface area contributed by atoms with E-state index in [2.05, 4.69) is 30.2 Å². The molecule has 0 aromatic rings. The molecule has 0 bridgehead atoms. The molecule has 0 fully saturated rings. The van der Waals surface area contributed by atoms with E-state index >= 15 is 0 Å². The van der Waals surface area contributed by atoms with Crippen LogP contribution in [0.5, 0.6) is 0 Å². The molecule has 1 aliphatic heterocycles. The lowest BCUT2D eigenvalue weighted by atomic mass is 10.1. The Morgan fingerprint density at radius 1 is 0.943 bits per heavy atom. The van der Waals surface area contributed by atoms with E-state index < -0.39 is 10.4 Å². The van der Waals surface area contributed by atoms with Gasteiger partial charge in [0.15, 0.2) is 6.23 Å². The Bertz CT molecular complexity index is 664. The summed E-state index contributed by atoms with van der Waals surface area (Å²) in [6.45, 7) is 10.5. The number of allylic oxidation sites excluding steroid dienone is 2. The lowest BCUT2D eigenvalue weighted by molar-refractivity contribution is -0.882. The number of unbranched alkanes of at least 4 members (excludes halogenated alkanes) is 12. The molecule has 208 valence electrons. The van der Waals surface area contributed by atoms with Crippen LogP contribution in [-0.2, 0) is 14.6 Å². The maximum atomic E-state index is 10.2. The molecule has 0 saturated heterocycles. The highest BCUT2D eigenvalue weighted by Gasteiger charge is 2.40. The van der Waals surface area contributed by atoms with E-state index in [1.165, 1.54) is 103 Å². The van der Waals surface area contributed by atoms with Crippen LogP contribution in [-0.4, -0.2) is 60.9 Å². The number of likely N-dealkylation sites (N-methyl/N-ethyl adjacent to an activating group) is 1. The van der Waals surface area contributed by atoms with Gasteiger partial charge in [-0.3, -0.25) is 8.67 Å². The van der Waals surface area contributed by atoms with Crippen LogP contribution in [0.15, 0.2) is 17.1 Å². The van der Waals surface area contributed by atoms with E-state index in [4.69, 9.17) is 4.99 Å². The minimum absolute atomic E-state index is 0.0914. The van der Waals surface area contributed by atoms with E-state index in [1.807, 2.05) is 6.92 Å². The quantitative estimate of drug-likeness (QED) is 0.0653. The molecule has 0 radical (unpaired) electrons. The third-order valence-electron chi connectivity index (χ3n) is 6.76. The van der Waals surface area contributed by atoms with E-state index in [9.17, 15) is 18.1 Å². The van der Waals surface area contributed by atoms with Gasteiger partial charge in [-0.15, -0.1) is 0 Å². The lowest BCUT2D eigenvalue weighted by Gasteiger charge is -2.36. The molecule has 7 nitrogen and oxygen atoms in total. The fourth-order valence-electron chi connectivity index (χ4n) is 4.61. The van der Waals surface area contributed by atoms with Crippen molar-refractivity contribution >= 4 is 16.2 Å². The lowest BCUT2D eigenvalue weighted by Crippen LogP contribution is -2.56. The van der Waals surface area contributed by atoms with Gasteiger partial charge in [0, 0.05) is 13.3 Å². The normalized spacial score (nSPS) is 19.0. The van der Waals surface area contributed by atoms with Gasteiger partial charge < -0.3 is 9.66 Å². The van der Waals surface area contributed by atoms with E-state index in [0.717, 1.165) is 26.1 Å². The first-order chi connectivity index (χ1) is 16.7. The highest BCUT2D eigenvalue weighted by Crippen LogP contribution is 2.23. The summed E-state index contributed by atoms with van der Waals surface area (Å²) in [4.78, 5) is 4.71. The van der Waals surface area contributed by atoms with Crippen LogP contribution >= 0.6 is 0 Å². The van der Waals surface area contributed by atoms with Crippen LogP contribution in [0.4, 0.5) is 0 Å². The zero-order valence-corrected chi connectivity index (χ0v) is 23.9. The maximum Gasteiger partial charge on any atom is 0.217 e. The van der Waals surface area contributed by atoms with E-state index in [1.54, 1.807) is 0 Å². The van der Waals surface area contributed by atoms with Crippen molar-refractivity contribution in [3.05, 3.63) is 12.2 Å². The number of aliphatic hydroxyl groups excluding tert-OH is 1. The molecule has 35 heavy (non-hydrogen) atoms. The summed E-state index contributed by atoms with van der Waals surface area (Å²) in [5.41, 5.74) is 0. The summed E-state index contributed by atoms with van der Waals surface area (Å²) < 4.78 is 32.7. The van der Waals surface area contributed by atoms with Crippen molar-refractivity contribution in [2.75, 3.05) is 26.2 Å². The van der Waals surface area contributed by atoms with Crippen molar-refractivity contribution in [2.24, 2.45) is 4.99 Å². The number of aliphatic imine (C=N–C) groups is 1. The molecule has 1 heterocycles. The zero-order chi connectivity index (χ0) is 26.4. The van der Waals surface area contributed by atoms with Gasteiger partial charge in [-0.25, -0.2) is 13.4 Å². The van der Waals surface area contributed by atoms with Crippen molar-refractivity contribution in [2.45, 2.75) is 130 Å². The van der Waals surface area contributed by atoms with E-state index in [-0.39, 0.29) is 12.8 Å². The van der Waals surface area contributed by atoms with Gasteiger partial charge in [-0.1, -0.05) is 76.9 Å². The van der Waals surface area contributed by atoms with Crippen LogP contribution in [0.1, 0.15) is 124 Å². The van der Waals surface area contributed by atoms with Crippen LogP contribution in [0, 0.1) is 0 Å². The van der Waals surface area contributed by atoms with Crippen molar-refractivity contribution in [3.8, 4) is 0 Å². The molecule has 2 unspecified atom stereocenters. The second-order valence-corrected chi connectivity index (χ2v) is 10.6. The van der Waals surface area contributed by atoms with Gasteiger partial charge >= 0.3 is 0 Å². The molecular formula is C27H54N2O5S. The molecule has 0 aromatic carbocycles. The third kappa shape index (κ3) is 17.3. The van der Waals surface area contributed by atoms with Gasteiger partial charge in [-0.2, -0.15) is 0 Å². The van der Waals surface area contributed by atoms with Crippen molar-refractivity contribution < 1.29 is 26.7 Å². The molecule has 8 heteroatoms. The molecule has 1 aliphatic rings. The monoisotopic (exact) mass is 518 g/mol. The highest BCUT2D eigenvalue weighted by atomic mass is 32.3. The fourth-order valence-corrected chi connectivity index (χ4v) is 4.90. The minimum Gasteiger partial charge on any atom is -0.726 e. The van der Waals surface area contributed by atoms with E-state index in [0.29, 0.717) is 4.48 Å². The summed E-state index contributed by atoms with van der Waals surface area (Å²) in [5.74, 6) is 1.24. The van der Waals surface area contributed by atoms with Gasteiger partial charge in [0.1, 0.15) is 6.54 Å². The number of aliphatic hydroxyl groups is 1. The first-order valence-corrected chi connectivity index (χ1v) is 15.4. The van der Waals surface area contributed by atoms with Gasteiger partial charge in [0.25, 0.3) is 0 Å². The topological polar surface area (TPSA) is 99.0 Å². The molecule has 0 aromatic heterocycles. The van der Waals surface area contributed by atoms with Gasteiger partial charge in [-0.05, 0) is 46.0 Å². The second kappa shape index (κ2) is 21.3. The SMILES string of the molecule is CCCCCCCCC=CCCCCCCCCC1=NCC[N+]1(CC)C(C)O.CCOS(=O)(=O)[O-]. The molecule has 1 rings (SSSR count). The first kappa shape index (κ1) is 34.2. The summed E-state index contributed by atoms with van der Waals surface area (Å²) >= 11 is 0. The molecule has 1 N–H and O–H groups in total. The fraction of sp³-hybridized carbons (Fsp3) is 0.889. The van der Waals surface area contributed by atoms with Crippen molar-refractivity contribution in [1.29, 1.82) is 0 Å². The Labute approximate surface area is 216 Å². The van der Waals surface area contributed by atoms with Crippen LogP contribution in [0.25, 0.3) is 0 Å². The Kier molecular flexibility index (Phi) is 20.8. The Balaban J connectivity index is 0.00000143. The number of hydrogen-bond acceptors (Lipinski definition) is 6. The predicted molar refractivity (Wildman–Crippen MR) is 145 cm³/mol. The molecule has 0 spiro atoms. The maximum absolute atomic E-state index is 10.2. The predicted octanol–water partition coefficient (Wildman–Crippen LogP) is 6.48. The summed E-state index contributed by atoms with van der Waals surface area (Å²) in [5, 5.41) is 10.2. The Hall–Kier alpha value is -0.800. The third-order valence-corrected chi connectivity index (χ3v) is 7.29. The number of quaternary nitrogens is 1. The number of nitrogens with zero attached hydrogens (tertiary/aromatic N) is 2. The summed E-state index contributed by atoms with van der Waals surface area (Å²) in [6, 6.07) is 0. The zero-order valence-electron chi connectivity index (χ0n) is 23.0. The van der Waals surface area contributed by atoms with Crippen LogP contribution in [0.3, 0.4) is 0 Å². The second-order valence-electron chi connectivity index (χ2n) is 9.51. The number of rotatable bonds is 20. The molecule has 0 aliphatic carbocycles. The van der Waals surface area contributed by atoms with Crippen molar-refractivity contribution in [3.63, 3.8) is 0 Å². The smallest absolute Gasteiger partial charge is 0.217 e. The Morgan fingerprint density at radius 3 is 1.89 bits per heavy atom. The summed E-state index contributed by atoms with van der Waals surface area (Å²) in [6.07, 6.45) is 24.4. The number of amidine groups is 1. The molecule has 0 saturated carbocycles. The van der Waals surface area contributed by atoms with Crippen molar-refractivity contribution in [1.82, 2.24) is 0 Å².